The van der Waals surface area contributed by atoms with Crippen molar-refractivity contribution in [1.82, 2.24) is 15.2 Å². The second-order valence-electron chi connectivity index (χ2n) is 4.97. The summed E-state index contributed by atoms with van der Waals surface area (Å²) in [6.07, 6.45) is 3.91. The van der Waals surface area contributed by atoms with Crippen LogP contribution in [-0.4, -0.2) is 68.2 Å². The summed E-state index contributed by atoms with van der Waals surface area (Å²) < 4.78 is 5.00. The molecule has 0 saturated carbocycles. The number of aliphatic imine (C=N–C) groups is 1. The first-order valence-corrected chi connectivity index (χ1v) is 6.84. The molecule has 2 fully saturated rings. The number of hydrogen-bond donors (Lipinski definition) is 2. The molecule has 104 valence electrons. The molecule has 0 aromatic heterocycles. The van der Waals surface area contributed by atoms with Gasteiger partial charge in [0.1, 0.15) is 0 Å². The summed E-state index contributed by atoms with van der Waals surface area (Å²) in [4.78, 5) is 9.29. The molecule has 2 aliphatic heterocycles. The first kappa shape index (κ1) is 13.6. The molecule has 6 heteroatoms. The number of methoxy groups -OCH3 is 1. The van der Waals surface area contributed by atoms with Crippen molar-refractivity contribution in [3.8, 4) is 0 Å². The Balaban J connectivity index is 1.83. The van der Waals surface area contributed by atoms with E-state index in [9.17, 15) is 0 Å². The van der Waals surface area contributed by atoms with Gasteiger partial charge in [0.15, 0.2) is 0 Å². The lowest BCUT2D eigenvalue weighted by molar-refractivity contribution is 0.207. The van der Waals surface area contributed by atoms with E-state index in [4.69, 9.17) is 10.6 Å². The Morgan fingerprint density at radius 3 is 2.83 bits per heavy atom. The zero-order valence-electron chi connectivity index (χ0n) is 11.3. The Hall–Kier alpha value is -0.850. The van der Waals surface area contributed by atoms with Crippen molar-refractivity contribution in [2.24, 2.45) is 10.8 Å². The lowest BCUT2D eigenvalue weighted by atomic mass is 10.2. The van der Waals surface area contributed by atoms with Crippen LogP contribution < -0.4 is 11.3 Å². The molecule has 3 N–H and O–H groups in total. The quantitative estimate of drug-likeness (QED) is 0.236. The first-order chi connectivity index (χ1) is 8.85. The normalized spacial score (nSPS) is 26.0. The summed E-state index contributed by atoms with van der Waals surface area (Å²) in [5.41, 5.74) is 2.72. The number of nitrogens with one attached hydrogen (secondary N) is 1. The number of guanidine groups is 1. The first-order valence-electron chi connectivity index (χ1n) is 6.84. The van der Waals surface area contributed by atoms with Crippen molar-refractivity contribution >= 4 is 5.96 Å². The molecule has 2 aliphatic rings. The highest BCUT2D eigenvalue weighted by Crippen LogP contribution is 2.20. The molecule has 0 spiro atoms. The summed E-state index contributed by atoms with van der Waals surface area (Å²) in [5, 5.41) is 0. The highest BCUT2D eigenvalue weighted by Gasteiger charge is 2.30. The van der Waals surface area contributed by atoms with E-state index in [0.29, 0.717) is 19.2 Å². The fraction of sp³-hybridized carbons (Fsp3) is 0.917. The number of nitrogens with zero attached hydrogens (tertiary/aromatic N) is 3. The van der Waals surface area contributed by atoms with Crippen molar-refractivity contribution < 1.29 is 4.74 Å². The molecular weight excluding hydrogens is 230 g/mol. The maximum absolute atomic E-state index is 5.56. The van der Waals surface area contributed by atoms with Gasteiger partial charge in [-0.2, -0.15) is 0 Å². The van der Waals surface area contributed by atoms with E-state index in [2.05, 4.69) is 20.2 Å². The Bertz CT molecular complexity index is 278. The maximum atomic E-state index is 5.56. The zero-order chi connectivity index (χ0) is 12.8. The van der Waals surface area contributed by atoms with Gasteiger partial charge in [0.25, 0.3) is 0 Å². The van der Waals surface area contributed by atoms with Crippen LogP contribution in [-0.2, 0) is 4.74 Å². The zero-order valence-corrected chi connectivity index (χ0v) is 11.3. The van der Waals surface area contributed by atoms with Crippen LogP contribution in [0.4, 0.5) is 0 Å². The third-order valence-electron chi connectivity index (χ3n) is 3.81. The van der Waals surface area contributed by atoms with E-state index in [1.165, 1.54) is 32.4 Å². The molecule has 1 atom stereocenters. The predicted octanol–water partition coefficient (Wildman–Crippen LogP) is -0.378. The topological polar surface area (TPSA) is 66.1 Å². The van der Waals surface area contributed by atoms with Crippen LogP contribution in [0, 0.1) is 0 Å². The number of rotatable bonds is 4. The molecule has 1 unspecified atom stereocenters. The van der Waals surface area contributed by atoms with Crippen LogP contribution in [0.5, 0.6) is 0 Å². The van der Waals surface area contributed by atoms with Crippen LogP contribution in [0.3, 0.4) is 0 Å². The van der Waals surface area contributed by atoms with E-state index < -0.39 is 0 Å². The lowest BCUT2D eigenvalue weighted by Crippen LogP contribution is -2.45. The van der Waals surface area contributed by atoms with E-state index in [1.807, 2.05) is 0 Å². The molecule has 0 aromatic carbocycles. The van der Waals surface area contributed by atoms with Gasteiger partial charge in [0, 0.05) is 26.2 Å². The van der Waals surface area contributed by atoms with Gasteiger partial charge < -0.3 is 9.64 Å². The standard InChI is InChI=1S/C12H25N5O/c1-18-9-5-14-12(15-13)17-8-4-11(10-17)16-6-2-3-7-16/h11H,2-10,13H2,1H3,(H,14,15). The molecule has 2 rings (SSSR count). The number of nitrogens with two attached hydrogens (primary N) is 1. The van der Waals surface area contributed by atoms with Gasteiger partial charge in [-0.05, 0) is 32.4 Å². The van der Waals surface area contributed by atoms with Gasteiger partial charge in [-0.15, -0.1) is 0 Å². The number of hydrogen-bond acceptors (Lipinski definition) is 4. The van der Waals surface area contributed by atoms with Crippen LogP contribution in [0.15, 0.2) is 4.99 Å². The van der Waals surface area contributed by atoms with Crippen molar-refractivity contribution in [2.75, 3.05) is 46.4 Å². The van der Waals surface area contributed by atoms with Gasteiger partial charge in [0.05, 0.1) is 13.2 Å². The second-order valence-corrected chi connectivity index (χ2v) is 4.97. The summed E-state index contributed by atoms with van der Waals surface area (Å²) in [6.45, 7) is 5.87. The third-order valence-corrected chi connectivity index (χ3v) is 3.81. The molecular formula is C12H25N5O. The van der Waals surface area contributed by atoms with Gasteiger partial charge in [-0.25, -0.2) is 10.8 Å². The van der Waals surface area contributed by atoms with Gasteiger partial charge in [-0.1, -0.05) is 0 Å². The molecule has 0 radical (unpaired) electrons. The maximum Gasteiger partial charge on any atom is 0.208 e. The van der Waals surface area contributed by atoms with Crippen molar-refractivity contribution in [3.63, 3.8) is 0 Å². The largest absolute Gasteiger partial charge is 0.383 e. The van der Waals surface area contributed by atoms with E-state index >= 15 is 0 Å². The number of hydrazine groups is 1. The lowest BCUT2D eigenvalue weighted by Gasteiger charge is -2.24. The van der Waals surface area contributed by atoms with Crippen LogP contribution in [0.2, 0.25) is 0 Å². The minimum Gasteiger partial charge on any atom is -0.383 e. The van der Waals surface area contributed by atoms with E-state index in [-0.39, 0.29) is 0 Å². The molecule has 0 aromatic rings. The number of ether oxygens (including phenoxy) is 1. The van der Waals surface area contributed by atoms with Crippen molar-refractivity contribution in [1.29, 1.82) is 0 Å². The monoisotopic (exact) mass is 255 g/mol. The average molecular weight is 255 g/mol. The Kier molecular flexibility index (Phi) is 5.22. The third kappa shape index (κ3) is 3.34. The van der Waals surface area contributed by atoms with Crippen LogP contribution >= 0.6 is 0 Å². The Morgan fingerprint density at radius 1 is 1.39 bits per heavy atom. The summed E-state index contributed by atoms with van der Waals surface area (Å²) in [7, 11) is 1.68. The average Bonchev–Trinajstić information content (AvgIpc) is 3.04. The molecule has 0 amide bonds. The Labute approximate surface area is 109 Å². The van der Waals surface area contributed by atoms with Crippen molar-refractivity contribution in [2.45, 2.75) is 25.3 Å². The summed E-state index contributed by atoms with van der Waals surface area (Å²) in [6, 6.07) is 0.675. The molecule has 2 heterocycles. The molecule has 0 bridgehead atoms. The van der Waals surface area contributed by atoms with Gasteiger partial charge in [-0.3, -0.25) is 10.3 Å². The van der Waals surface area contributed by atoms with Crippen LogP contribution in [0.25, 0.3) is 0 Å². The minimum absolute atomic E-state index is 0.634. The molecule has 2 saturated heterocycles. The summed E-state index contributed by atoms with van der Waals surface area (Å²) >= 11 is 0. The molecule has 18 heavy (non-hydrogen) atoms. The highest BCUT2D eigenvalue weighted by atomic mass is 16.5. The molecule has 0 aliphatic carbocycles. The SMILES string of the molecule is COCCN=C(NN)N1CCC(N2CCCC2)C1. The number of likely N-dealkylation sites (tertiary alicyclic amines) is 2. The summed E-state index contributed by atoms with van der Waals surface area (Å²) in [5.74, 6) is 6.36. The van der Waals surface area contributed by atoms with Crippen LogP contribution in [0.1, 0.15) is 19.3 Å². The predicted molar refractivity (Wildman–Crippen MR) is 72.3 cm³/mol. The highest BCUT2D eigenvalue weighted by molar-refractivity contribution is 5.79. The van der Waals surface area contributed by atoms with E-state index in [1.54, 1.807) is 7.11 Å². The fourth-order valence-corrected chi connectivity index (χ4v) is 2.82. The second kappa shape index (κ2) is 6.92. The smallest absolute Gasteiger partial charge is 0.208 e. The molecule has 6 nitrogen and oxygen atoms in total. The van der Waals surface area contributed by atoms with Crippen molar-refractivity contribution in [3.05, 3.63) is 0 Å². The van der Waals surface area contributed by atoms with Gasteiger partial charge in [0.2, 0.25) is 5.96 Å². The van der Waals surface area contributed by atoms with Gasteiger partial charge >= 0.3 is 0 Å². The fourth-order valence-electron chi connectivity index (χ4n) is 2.82. The Morgan fingerprint density at radius 2 is 2.17 bits per heavy atom. The minimum atomic E-state index is 0.634. The van der Waals surface area contributed by atoms with E-state index in [0.717, 1.165) is 19.0 Å².